The van der Waals surface area contributed by atoms with Crippen LogP contribution in [0.5, 0.6) is 0 Å². The fourth-order valence-corrected chi connectivity index (χ4v) is 5.25. The Kier molecular flexibility index (Phi) is 4.74. The number of pyridine rings is 1. The van der Waals surface area contributed by atoms with Crippen LogP contribution in [-0.2, 0) is 0 Å². The van der Waals surface area contributed by atoms with Crippen molar-refractivity contribution < 1.29 is 4.79 Å². The maximum absolute atomic E-state index is 12.7. The van der Waals surface area contributed by atoms with Crippen LogP contribution in [-0.4, -0.2) is 43.2 Å². The molecule has 4 N–H and O–H groups in total. The first-order chi connectivity index (χ1) is 16.1. The zero-order valence-corrected chi connectivity index (χ0v) is 18.3. The normalized spacial score (nSPS) is 21.5. The van der Waals surface area contributed by atoms with Crippen molar-refractivity contribution in [1.29, 1.82) is 0 Å². The molecule has 3 aromatic heterocycles. The third kappa shape index (κ3) is 3.40. The minimum atomic E-state index is -0.298. The van der Waals surface area contributed by atoms with E-state index < -0.39 is 0 Å². The first-order valence-electron chi connectivity index (χ1n) is 10.8. The van der Waals surface area contributed by atoms with Gasteiger partial charge < -0.3 is 16.4 Å². The summed E-state index contributed by atoms with van der Waals surface area (Å²) in [5.41, 5.74) is 8.67. The molecule has 1 aliphatic carbocycles. The van der Waals surface area contributed by atoms with Crippen LogP contribution in [0.1, 0.15) is 29.2 Å². The molecule has 0 spiro atoms. The third-order valence-electron chi connectivity index (χ3n) is 6.52. The van der Waals surface area contributed by atoms with Crippen LogP contribution >= 0.6 is 11.6 Å². The predicted octanol–water partition coefficient (Wildman–Crippen LogP) is 3.30. The van der Waals surface area contributed by atoms with Crippen molar-refractivity contribution in [2.45, 2.75) is 24.9 Å². The highest BCUT2D eigenvalue weighted by Crippen LogP contribution is 2.42. The average Bonchev–Trinajstić information content (AvgIpc) is 3.54. The maximum atomic E-state index is 12.7. The van der Waals surface area contributed by atoms with Crippen molar-refractivity contribution in [1.82, 2.24) is 30.0 Å². The van der Waals surface area contributed by atoms with Crippen molar-refractivity contribution in [3.63, 3.8) is 0 Å². The Balaban J connectivity index is 1.39. The highest BCUT2D eigenvalue weighted by molar-refractivity contribution is 6.34. The number of carbonyl (C=O) groups is 1. The topological polar surface area (TPSA) is 124 Å². The molecule has 9 nitrogen and oxygen atoms in total. The van der Waals surface area contributed by atoms with E-state index in [1.165, 1.54) is 6.33 Å². The van der Waals surface area contributed by atoms with Crippen LogP contribution in [0.2, 0.25) is 5.02 Å². The van der Waals surface area contributed by atoms with Gasteiger partial charge in [0, 0.05) is 23.4 Å². The summed E-state index contributed by atoms with van der Waals surface area (Å²) >= 11 is 6.66. The van der Waals surface area contributed by atoms with Crippen LogP contribution in [0.4, 0.5) is 11.6 Å². The Hall–Kier alpha value is -3.56. The fraction of sp³-hybridized carbons (Fsp3) is 0.261. The lowest BCUT2D eigenvalue weighted by Gasteiger charge is -2.23. The molecule has 2 bridgehead atoms. The van der Waals surface area contributed by atoms with Crippen LogP contribution in [0.15, 0.2) is 48.9 Å². The molecule has 2 aliphatic rings. The number of carbonyl (C=O) groups excluding carboxylic acids is 1. The summed E-state index contributed by atoms with van der Waals surface area (Å²) in [5, 5.41) is 12.3. The van der Waals surface area contributed by atoms with Gasteiger partial charge in [-0.3, -0.25) is 4.79 Å². The van der Waals surface area contributed by atoms with Crippen molar-refractivity contribution >= 4 is 40.2 Å². The minimum Gasteiger partial charge on any atom is -0.383 e. The van der Waals surface area contributed by atoms with Crippen molar-refractivity contribution in [3.8, 4) is 11.3 Å². The number of nitrogen functional groups attached to an aromatic ring is 1. The number of halogens is 1. The number of hydrogen-bond acceptors (Lipinski definition) is 7. The van der Waals surface area contributed by atoms with Gasteiger partial charge in [-0.15, -0.1) is 0 Å². The Labute approximate surface area is 194 Å². The summed E-state index contributed by atoms with van der Waals surface area (Å²) in [5.74, 6) is 1.18. The van der Waals surface area contributed by atoms with Gasteiger partial charge in [0.25, 0.3) is 5.91 Å². The number of benzene rings is 1. The summed E-state index contributed by atoms with van der Waals surface area (Å²) in [6, 6.07) is 11.0. The molecule has 6 rings (SSSR count). The van der Waals surface area contributed by atoms with E-state index in [-0.39, 0.29) is 11.9 Å². The van der Waals surface area contributed by atoms with E-state index in [4.69, 9.17) is 22.4 Å². The molecule has 1 aromatic carbocycles. The molecular formula is C23H21ClN8O. The number of hydrogen-bond donors (Lipinski definition) is 3. The maximum Gasteiger partial charge on any atom is 0.256 e. The van der Waals surface area contributed by atoms with Crippen LogP contribution < -0.4 is 16.4 Å². The summed E-state index contributed by atoms with van der Waals surface area (Å²) in [6.45, 7) is 1.05. The van der Waals surface area contributed by atoms with Gasteiger partial charge in [-0.2, -0.15) is 5.10 Å². The van der Waals surface area contributed by atoms with Gasteiger partial charge >= 0.3 is 0 Å². The molecule has 0 radical (unpaired) electrons. The number of aromatic nitrogens is 5. The summed E-state index contributed by atoms with van der Waals surface area (Å²) in [6.07, 6.45) is 5.28. The molecule has 4 aromatic rings. The molecule has 1 saturated heterocycles. The lowest BCUT2D eigenvalue weighted by molar-refractivity contribution is 0.102. The van der Waals surface area contributed by atoms with Gasteiger partial charge in [-0.25, -0.2) is 19.6 Å². The second kappa shape index (κ2) is 7.79. The number of nitrogens with one attached hydrogen (secondary N) is 2. The zero-order chi connectivity index (χ0) is 22.5. The van der Waals surface area contributed by atoms with E-state index in [0.29, 0.717) is 56.5 Å². The first kappa shape index (κ1) is 20.1. The third-order valence-corrected chi connectivity index (χ3v) is 6.83. The van der Waals surface area contributed by atoms with Gasteiger partial charge in [-0.05, 0) is 49.6 Å². The number of piperidine rings is 1. The Morgan fingerprint density at radius 1 is 1.18 bits per heavy atom. The minimum absolute atomic E-state index is 0.205. The van der Waals surface area contributed by atoms with E-state index in [1.807, 2.05) is 4.68 Å². The number of nitrogens with two attached hydrogens (primary N) is 1. The highest BCUT2D eigenvalue weighted by atomic mass is 35.5. The second-order valence-corrected chi connectivity index (χ2v) is 8.94. The summed E-state index contributed by atoms with van der Waals surface area (Å²) in [7, 11) is 0. The van der Waals surface area contributed by atoms with E-state index in [9.17, 15) is 4.79 Å². The van der Waals surface area contributed by atoms with Gasteiger partial charge in [0.1, 0.15) is 23.7 Å². The largest absolute Gasteiger partial charge is 0.383 e. The number of fused-ring (bicyclic) bond motifs is 3. The number of rotatable bonds is 4. The van der Waals surface area contributed by atoms with Crippen molar-refractivity contribution in [2.75, 3.05) is 17.6 Å². The molecule has 2 fully saturated rings. The number of anilines is 2. The van der Waals surface area contributed by atoms with Gasteiger partial charge in [0.2, 0.25) is 0 Å². The Bertz CT molecular complexity index is 1370. The first-order valence-corrected chi connectivity index (χ1v) is 11.2. The predicted molar refractivity (Wildman–Crippen MR) is 126 cm³/mol. The van der Waals surface area contributed by atoms with Crippen LogP contribution in [0, 0.1) is 5.92 Å². The second-order valence-electron chi connectivity index (χ2n) is 8.53. The molecule has 0 unspecified atom stereocenters. The van der Waals surface area contributed by atoms with E-state index in [2.05, 4.69) is 25.6 Å². The molecule has 1 aliphatic heterocycles. The molecule has 1 amide bonds. The summed E-state index contributed by atoms with van der Waals surface area (Å²) < 4.78 is 1.97. The van der Waals surface area contributed by atoms with E-state index in [0.717, 1.165) is 19.4 Å². The molecule has 10 heteroatoms. The van der Waals surface area contributed by atoms with Crippen LogP contribution in [0.25, 0.3) is 22.3 Å². The fourth-order valence-electron chi connectivity index (χ4n) is 4.98. The zero-order valence-electron chi connectivity index (χ0n) is 17.6. The van der Waals surface area contributed by atoms with Gasteiger partial charge in [0.05, 0.1) is 16.5 Å². The lowest BCUT2D eigenvalue weighted by atomic mass is 10.1. The van der Waals surface area contributed by atoms with Gasteiger partial charge in [0.15, 0.2) is 5.65 Å². The summed E-state index contributed by atoms with van der Waals surface area (Å²) in [4.78, 5) is 25.5. The lowest BCUT2D eigenvalue weighted by Crippen LogP contribution is -2.35. The highest BCUT2D eigenvalue weighted by Gasteiger charge is 2.42. The quantitative estimate of drug-likeness (QED) is 0.426. The van der Waals surface area contributed by atoms with Crippen molar-refractivity contribution in [2.24, 2.45) is 5.92 Å². The SMILES string of the molecule is Nc1ncnc2c1c(-c1ccc(C(=O)Nc3ccccn3)cc1Cl)nn2[C@H]1C[C@@H]2CN[C@H]1C2. The Morgan fingerprint density at radius 3 is 2.82 bits per heavy atom. The van der Waals surface area contributed by atoms with Crippen molar-refractivity contribution in [3.05, 3.63) is 59.5 Å². The van der Waals surface area contributed by atoms with Crippen LogP contribution in [0.3, 0.4) is 0 Å². The number of nitrogens with zero attached hydrogens (tertiary/aromatic N) is 5. The van der Waals surface area contributed by atoms with Gasteiger partial charge in [-0.1, -0.05) is 23.7 Å². The molecule has 166 valence electrons. The number of amides is 1. The average molecular weight is 461 g/mol. The molecular weight excluding hydrogens is 440 g/mol. The standard InChI is InChI=1S/C23H21ClN8O/c24-15-9-13(23(33)30-18-3-1-2-6-26-18)4-5-14(15)20-19-21(25)28-11-29-22(19)32(31-20)17-8-12-7-16(17)27-10-12/h1-6,9,11-12,16-17,27H,7-8,10H2,(H2,25,28,29)(H,26,30,33)/t12-,16+,17+/m1/s1. The molecule has 4 heterocycles. The molecule has 33 heavy (non-hydrogen) atoms. The molecule has 1 saturated carbocycles. The monoisotopic (exact) mass is 460 g/mol. The van der Waals surface area contributed by atoms with E-state index >= 15 is 0 Å². The molecule has 3 atom stereocenters. The van der Waals surface area contributed by atoms with E-state index in [1.54, 1.807) is 42.6 Å². The smallest absolute Gasteiger partial charge is 0.256 e. The Morgan fingerprint density at radius 2 is 2.09 bits per heavy atom.